The molecule has 0 aliphatic heterocycles. The van der Waals surface area contributed by atoms with Gasteiger partial charge in [-0.15, -0.1) is 0 Å². The summed E-state index contributed by atoms with van der Waals surface area (Å²) in [6, 6.07) is 8.30. The molecule has 6 heteroatoms. The maximum atomic E-state index is 11.6. The lowest BCUT2D eigenvalue weighted by molar-refractivity contribution is 0.354. The number of aromatic nitrogens is 2. The number of benzene rings is 1. The average molecular weight is 261 g/mol. The standard InChI is InChI=1S/C13H15N3O3/c1-18-10-4-3-9(7-11(10)19-2)8-16-13(17)6-5-12(14)15-16/h3-7H,8H2,1-2H3,(H2,14,15). The zero-order valence-electron chi connectivity index (χ0n) is 10.8. The summed E-state index contributed by atoms with van der Waals surface area (Å²) in [4.78, 5) is 11.6. The first-order valence-electron chi connectivity index (χ1n) is 5.68. The van der Waals surface area contributed by atoms with Crippen molar-refractivity contribution in [2.24, 2.45) is 0 Å². The van der Waals surface area contributed by atoms with Crippen LogP contribution in [-0.4, -0.2) is 24.0 Å². The van der Waals surface area contributed by atoms with Crippen LogP contribution in [0, 0.1) is 0 Å². The van der Waals surface area contributed by atoms with Crippen LogP contribution in [0.25, 0.3) is 0 Å². The van der Waals surface area contributed by atoms with Crippen LogP contribution in [0.4, 0.5) is 5.82 Å². The molecule has 0 bridgehead atoms. The molecule has 2 N–H and O–H groups in total. The van der Waals surface area contributed by atoms with E-state index in [0.717, 1.165) is 5.56 Å². The summed E-state index contributed by atoms with van der Waals surface area (Å²) in [5.74, 6) is 1.55. The minimum absolute atomic E-state index is 0.205. The Labute approximate surface area is 110 Å². The molecule has 1 aromatic carbocycles. The molecule has 0 atom stereocenters. The summed E-state index contributed by atoms with van der Waals surface area (Å²) < 4.78 is 11.7. The predicted molar refractivity (Wildman–Crippen MR) is 71.6 cm³/mol. The van der Waals surface area contributed by atoms with Gasteiger partial charge in [0.1, 0.15) is 5.82 Å². The van der Waals surface area contributed by atoms with Crippen molar-refractivity contribution in [2.75, 3.05) is 20.0 Å². The summed E-state index contributed by atoms with van der Waals surface area (Å²) in [7, 11) is 3.13. The zero-order valence-corrected chi connectivity index (χ0v) is 10.8. The predicted octanol–water partition coefficient (Wildman–Crippen LogP) is 0.891. The largest absolute Gasteiger partial charge is 0.493 e. The SMILES string of the molecule is COc1ccc(Cn2nc(N)ccc2=O)cc1OC. The van der Waals surface area contributed by atoms with E-state index >= 15 is 0 Å². The monoisotopic (exact) mass is 261 g/mol. The van der Waals surface area contributed by atoms with Gasteiger partial charge in [0, 0.05) is 6.07 Å². The Morgan fingerprint density at radius 1 is 1.16 bits per heavy atom. The van der Waals surface area contributed by atoms with Gasteiger partial charge in [-0.2, -0.15) is 5.10 Å². The highest BCUT2D eigenvalue weighted by molar-refractivity contribution is 5.42. The number of methoxy groups -OCH3 is 2. The molecule has 100 valence electrons. The Bertz CT molecular complexity index is 637. The van der Waals surface area contributed by atoms with E-state index in [9.17, 15) is 4.79 Å². The molecule has 2 aromatic rings. The first-order chi connectivity index (χ1) is 9.13. The van der Waals surface area contributed by atoms with Crippen molar-refractivity contribution >= 4 is 5.82 Å². The van der Waals surface area contributed by atoms with E-state index in [1.54, 1.807) is 26.4 Å². The maximum absolute atomic E-state index is 11.6. The smallest absolute Gasteiger partial charge is 0.267 e. The highest BCUT2D eigenvalue weighted by Crippen LogP contribution is 2.27. The molecule has 6 nitrogen and oxygen atoms in total. The highest BCUT2D eigenvalue weighted by Gasteiger charge is 2.06. The summed E-state index contributed by atoms with van der Waals surface area (Å²) in [5, 5.41) is 3.98. The van der Waals surface area contributed by atoms with Gasteiger partial charge in [0.15, 0.2) is 11.5 Å². The van der Waals surface area contributed by atoms with Crippen molar-refractivity contribution in [1.82, 2.24) is 9.78 Å². The van der Waals surface area contributed by atoms with Crippen molar-refractivity contribution in [2.45, 2.75) is 6.54 Å². The summed E-state index contributed by atoms with van der Waals surface area (Å²) >= 11 is 0. The summed E-state index contributed by atoms with van der Waals surface area (Å²) in [5.41, 5.74) is 6.24. The van der Waals surface area contributed by atoms with Gasteiger partial charge in [-0.05, 0) is 23.8 Å². The molecule has 0 radical (unpaired) electrons. The number of ether oxygens (including phenoxy) is 2. The van der Waals surface area contributed by atoms with Crippen LogP contribution in [0.1, 0.15) is 5.56 Å². The van der Waals surface area contributed by atoms with E-state index in [-0.39, 0.29) is 5.56 Å². The third-order valence-corrected chi connectivity index (χ3v) is 2.67. The van der Waals surface area contributed by atoms with E-state index in [1.165, 1.54) is 16.8 Å². The van der Waals surface area contributed by atoms with E-state index in [2.05, 4.69) is 5.10 Å². The molecule has 19 heavy (non-hydrogen) atoms. The van der Waals surface area contributed by atoms with Gasteiger partial charge in [-0.25, -0.2) is 4.68 Å². The van der Waals surface area contributed by atoms with Gasteiger partial charge in [-0.1, -0.05) is 6.07 Å². The Morgan fingerprint density at radius 2 is 1.89 bits per heavy atom. The molecule has 0 fully saturated rings. The van der Waals surface area contributed by atoms with Gasteiger partial charge in [0.2, 0.25) is 0 Å². The van der Waals surface area contributed by atoms with Crippen molar-refractivity contribution in [3.8, 4) is 11.5 Å². The van der Waals surface area contributed by atoms with Crippen molar-refractivity contribution in [1.29, 1.82) is 0 Å². The molecule has 0 amide bonds. The van der Waals surface area contributed by atoms with Crippen LogP contribution in [0.2, 0.25) is 0 Å². The number of hydrogen-bond donors (Lipinski definition) is 1. The molecule has 0 aliphatic rings. The van der Waals surface area contributed by atoms with Gasteiger partial charge < -0.3 is 15.2 Å². The first kappa shape index (κ1) is 12.9. The number of nitrogen functional groups attached to an aromatic ring is 1. The molecule has 2 rings (SSSR count). The minimum atomic E-state index is -0.205. The zero-order chi connectivity index (χ0) is 13.8. The van der Waals surface area contributed by atoms with Gasteiger partial charge in [0.05, 0.1) is 20.8 Å². The lowest BCUT2D eigenvalue weighted by atomic mass is 10.2. The van der Waals surface area contributed by atoms with Gasteiger partial charge >= 0.3 is 0 Å². The van der Waals surface area contributed by atoms with E-state index in [0.29, 0.717) is 23.9 Å². The molecule has 0 saturated carbocycles. The van der Waals surface area contributed by atoms with Crippen LogP contribution >= 0.6 is 0 Å². The fraction of sp³-hybridized carbons (Fsp3) is 0.231. The lowest BCUT2D eigenvalue weighted by Crippen LogP contribution is -2.23. The number of rotatable bonds is 4. The van der Waals surface area contributed by atoms with Crippen LogP contribution in [-0.2, 0) is 6.54 Å². The third kappa shape index (κ3) is 2.85. The van der Waals surface area contributed by atoms with Crippen molar-refractivity contribution in [3.05, 3.63) is 46.2 Å². The normalized spacial score (nSPS) is 10.2. The van der Waals surface area contributed by atoms with Crippen LogP contribution in [0.3, 0.4) is 0 Å². The maximum Gasteiger partial charge on any atom is 0.267 e. The summed E-state index contributed by atoms with van der Waals surface area (Å²) in [6.07, 6.45) is 0. The quantitative estimate of drug-likeness (QED) is 0.884. The van der Waals surface area contributed by atoms with Crippen molar-refractivity contribution < 1.29 is 9.47 Å². The van der Waals surface area contributed by atoms with Crippen LogP contribution in [0.5, 0.6) is 11.5 Å². The molecule has 0 spiro atoms. The molecule has 1 aromatic heterocycles. The molecule has 0 unspecified atom stereocenters. The molecule has 0 saturated heterocycles. The van der Waals surface area contributed by atoms with Gasteiger partial charge in [-0.3, -0.25) is 4.79 Å². The van der Waals surface area contributed by atoms with Crippen molar-refractivity contribution in [3.63, 3.8) is 0 Å². The van der Waals surface area contributed by atoms with E-state index < -0.39 is 0 Å². The number of nitrogens with two attached hydrogens (primary N) is 1. The second-order valence-electron chi connectivity index (χ2n) is 3.94. The molecule has 1 heterocycles. The number of hydrogen-bond acceptors (Lipinski definition) is 5. The topological polar surface area (TPSA) is 79.4 Å². The Kier molecular flexibility index (Phi) is 3.70. The molecular weight excluding hydrogens is 246 g/mol. The fourth-order valence-electron chi connectivity index (χ4n) is 1.73. The first-order valence-corrected chi connectivity index (χ1v) is 5.68. The fourth-order valence-corrected chi connectivity index (χ4v) is 1.73. The van der Waals surface area contributed by atoms with Crippen LogP contribution in [0.15, 0.2) is 35.1 Å². The lowest BCUT2D eigenvalue weighted by Gasteiger charge is -2.10. The highest BCUT2D eigenvalue weighted by atomic mass is 16.5. The van der Waals surface area contributed by atoms with E-state index in [1.807, 2.05) is 6.07 Å². The Balaban J connectivity index is 2.33. The second kappa shape index (κ2) is 5.43. The average Bonchev–Trinajstić information content (AvgIpc) is 2.42. The summed E-state index contributed by atoms with van der Waals surface area (Å²) in [6.45, 7) is 0.324. The number of nitrogens with zero attached hydrogens (tertiary/aromatic N) is 2. The Hall–Kier alpha value is -2.50. The third-order valence-electron chi connectivity index (χ3n) is 2.67. The van der Waals surface area contributed by atoms with E-state index in [4.69, 9.17) is 15.2 Å². The molecular formula is C13H15N3O3. The van der Waals surface area contributed by atoms with Gasteiger partial charge in [0.25, 0.3) is 5.56 Å². The number of anilines is 1. The van der Waals surface area contributed by atoms with Crippen LogP contribution < -0.4 is 20.8 Å². The minimum Gasteiger partial charge on any atom is -0.493 e. The Morgan fingerprint density at radius 3 is 2.58 bits per heavy atom. The molecule has 0 aliphatic carbocycles. The second-order valence-corrected chi connectivity index (χ2v) is 3.94.